The molecule has 10 heavy (non-hydrogen) atoms. The van der Waals surface area contributed by atoms with Gasteiger partial charge in [0.2, 0.25) is 0 Å². The molecule has 0 spiro atoms. The molecule has 0 saturated heterocycles. The summed E-state index contributed by atoms with van der Waals surface area (Å²) in [6.45, 7) is 4.51. The second-order valence-corrected chi connectivity index (χ2v) is 2.41. The average molecular weight is 155 g/mol. The first kappa shape index (κ1) is 17.2. The van der Waals surface area contributed by atoms with Crippen molar-refractivity contribution in [3.63, 3.8) is 0 Å². The van der Waals surface area contributed by atoms with E-state index < -0.39 is 0 Å². The SMILES string of the molecule is CCCCCCCC.N.[H-].[Na+]. The van der Waals surface area contributed by atoms with E-state index in [1.54, 1.807) is 0 Å². The van der Waals surface area contributed by atoms with Crippen LogP contribution in [0.4, 0.5) is 0 Å². The molecule has 0 fully saturated rings. The molecule has 0 radical (unpaired) electrons. The zero-order valence-corrected chi connectivity index (χ0v) is 9.95. The summed E-state index contributed by atoms with van der Waals surface area (Å²) < 4.78 is 0. The van der Waals surface area contributed by atoms with E-state index in [1.807, 2.05) is 0 Å². The zero-order valence-electron chi connectivity index (χ0n) is 8.95. The normalized spacial score (nSPS) is 7.80. The molecule has 2 heteroatoms. The molecule has 0 unspecified atom stereocenters. The van der Waals surface area contributed by atoms with E-state index >= 15 is 0 Å². The van der Waals surface area contributed by atoms with Gasteiger partial charge < -0.3 is 7.58 Å². The van der Waals surface area contributed by atoms with Gasteiger partial charge in [-0.2, -0.15) is 0 Å². The van der Waals surface area contributed by atoms with Gasteiger partial charge in [0.05, 0.1) is 0 Å². The van der Waals surface area contributed by atoms with Crippen molar-refractivity contribution in [2.45, 2.75) is 52.4 Å². The van der Waals surface area contributed by atoms with Crippen LogP contribution in [0.25, 0.3) is 0 Å². The molecule has 0 aliphatic heterocycles. The van der Waals surface area contributed by atoms with Crippen LogP contribution < -0.4 is 35.7 Å². The standard InChI is InChI=1S/C8H18.H3N.Na.H/c1-3-5-7-8-6-4-2;;;/h3-8H2,1-2H3;1H3;;/q;;+1;-1. The van der Waals surface area contributed by atoms with Gasteiger partial charge in [-0.25, -0.2) is 0 Å². The first-order valence-corrected chi connectivity index (χ1v) is 3.91. The Balaban J connectivity index is -0.0000000817. The third-order valence-corrected chi connectivity index (χ3v) is 1.46. The van der Waals surface area contributed by atoms with E-state index in [9.17, 15) is 0 Å². The summed E-state index contributed by atoms with van der Waals surface area (Å²) in [5.41, 5.74) is 0. The van der Waals surface area contributed by atoms with Crippen LogP contribution in [0, 0.1) is 0 Å². The van der Waals surface area contributed by atoms with Crippen molar-refractivity contribution in [1.82, 2.24) is 6.15 Å². The summed E-state index contributed by atoms with van der Waals surface area (Å²) in [4.78, 5) is 0. The third kappa shape index (κ3) is 16.0. The minimum absolute atomic E-state index is 0. The van der Waals surface area contributed by atoms with E-state index in [-0.39, 0.29) is 37.1 Å². The Kier molecular flexibility index (Phi) is 28.3. The summed E-state index contributed by atoms with van der Waals surface area (Å²) in [5, 5.41) is 0. The fourth-order valence-corrected chi connectivity index (χ4v) is 0.854. The number of hydrogen-bond donors (Lipinski definition) is 1. The van der Waals surface area contributed by atoms with E-state index in [4.69, 9.17) is 0 Å². The van der Waals surface area contributed by atoms with Crippen LogP contribution in [0.5, 0.6) is 0 Å². The topological polar surface area (TPSA) is 35.0 Å². The smallest absolute Gasteiger partial charge is 1.00 e. The summed E-state index contributed by atoms with van der Waals surface area (Å²) in [6, 6.07) is 0. The monoisotopic (exact) mass is 155 g/mol. The van der Waals surface area contributed by atoms with Gasteiger partial charge in [-0.15, -0.1) is 0 Å². The Morgan fingerprint density at radius 2 is 1.10 bits per heavy atom. The zero-order chi connectivity index (χ0) is 6.24. The molecule has 0 aromatic rings. The molecule has 60 valence electrons. The van der Waals surface area contributed by atoms with Crippen LogP contribution in [0.15, 0.2) is 0 Å². The van der Waals surface area contributed by atoms with Gasteiger partial charge in [0, 0.05) is 0 Å². The van der Waals surface area contributed by atoms with Crippen molar-refractivity contribution in [3.05, 3.63) is 0 Å². The largest absolute Gasteiger partial charge is 1.00 e. The van der Waals surface area contributed by atoms with Gasteiger partial charge in [0.1, 0.15) is 0 Å². The molecule has 0 aromatic heterocycles. The minimum atomic E-state index is 0. The fraction of sp³-hybridized carbons (Fsp3) is 1.00. The Labute approximate surface area is 89.3 Å². The molecule has 3 N–H and O–H groups in total. The number of unbranched alkanes of at least 4 members (excludes halogenated alkanes) is 5. The Morgan fingerprint density at radius 3 is 1.30 bits per heavy atom. The predicted octanol–water partition coefficient (Wildman–Crippen LogP) is 0.645. The Bertz CT molecular complexity index is 39.1. The van der Waals surface area contributed by atoms with Crippen LogP contribution in [-0.2, 0) is 0 Å². The Hall–Kier alpha value is 0.960. The van der Waals surface area contributed by atoms with Crippen molar-refractivity contribution >= 4 is 0 Å². The van der Waals surface area contributed by atoms with E-state index in [0.29, 0.717) is 0 Å². The van der Waals surface area contributed by atoms with Crippen molar-refractivity contribution in [2.75, 3.05) is 0 Å². The van der Waals surface area contributed by atoms with Crippen molar-refractivity contribution in [1.29, 1.82) is 0 Å². The Morgan fingerprint density at radius 1 is 0.800 bits per heavy atom. The van der Waals surface area contributed by atoms with Crippen LogP contribution in [0.2, 0.25) is 0 Å². The van der Waals surface area contributed by atoms with Gasteiger partial charge in [0.15, 0.2) is 0 Å². The van der Waals surface area contributed by atoms with Gasteiger partial charge in [-0.05, 0) is 0 Å². The quantitative estimate of drug-likeness (QED) is 0.459. The molecular formula is C8H22NNa. The van der Waals surface area contributed by atoms with Gasteiger partial charge in [0.25, 0.3) is 0 Å². The van der Waals surface area contributed by atoms with Crippen LogP contribution in [0.1, 0.15) is 53.8 Å². The summed E-state index contributed by atoms with van der Waals surface area (Å²) in [7, 11) is 0. The molecular weight excluding hydrogens is 133 g/mol. The molecule has 0 rings (SSSR count). The molecule has 0 aliphatic carbocycles. The van der Waals surface area contributed by atoms with Crippen molar-refractivity contribution in [3.8, 4) is 0 Å². The van der Waals surface area contributed by atoms with Gasteiger partial charge in [-0.3, -0.25) is 0 Å². The summed E-state index contributed by atoms with van der Waals surface area (Å²) in [6.07, 6.45) is 8.49. The molecule has 0 aliphatic rings. The van der Waals surface area contributed by atoms with Gasteiger partial charge >= 0.3 is 29.6 Å². The molecule has 0 aromatic carbocycles. The minimum Gasteiger partial charge on any atom is -1.00 e. The third-order valence-electron chi connectivity index (χ3n) is 1.46. The van der Waals surface area contributed by atoms with Crippen molar-refractivity contribution < 1.29 is 31.0 Å². The maximum Gasteiger partial charge on any atom is 1.00 e. The van der Waals surface area contributed by atoms with Crippen LogP contribution in [-0.4, -0.2) is 0 Å². The predicted molar refractivity (Wildman–Crippen MR) is 45.2 cm³/mol. The summed E-state index contributed by atoms with van der Waals surface area (Å²) in [5.74, 6) is 0. The van der Waals surface area contributed by atoms with Crippen molar-refractivity contribution in [2.24, 2.45) is 0 Å². The summed E-state index contributed by atoms with van der Waals surface area (Å²) >= 11 is 0. The molecule has 0 saturated carbocycles. The maximum atomic E-state index is 2.26. The first-order valence-electron chi connectivity index (χ1n) is 3.91. The van der Waals surface area contributed by atoms with E-state index in [1.165, 1.54) is 38.5 Å². The average Bonchev–Trinajstić information content (AvgIpc) is 1.81. The van der Waals surface area contributed by atoms with Crippen LogP contribution in [0.3, 0.4) is 0 Å². The fourth-order valence-electron chi connectivity index (χ4n) is 0.854. The van der Waals surface area contributed by atoms with Crippen LogP contribution >= 0.6 is 0 Å². The molecule has 0 heterocycles. The molecule has 0 bridgehead atoms. The van der Waals surface area contributed by atoms with E-state index in [2.05, 4.69) is 13.8 Å². The van der Waals surface area contributed by atoms with Gasteiger partial charge in [-0.1, -0.05) is 52.4 Å². The molecule has 1 nitrogen and oxygen atoms in total. The molecule has 0 amide bonds. The molecule has 0 atom stereocenters. The second kappa shape index (κ2) is 16.5. The number of hydrogen-bond acceptors (Lipinski definition) is 1. The first-order chi connectivity index (χ1) is 3.91. The number of rotatable bonds is 5. The van der Waals surface area contributed by atoms with E-state index in [0.717, 1.165) is 0 Å². The second-order valence-electron chi connectivity index (χ2n) is 2.41. The maximum absolute atomic E-state index is 2.26.